The zero-order valence-electron chi connectivity index (χ0n) is 10.6. The van der Waals surface area contributed by atoms with Gasteiger partial charge in [-0.2, -0.15) is 0 Å². The van der Waals surface area contributed by atoms with Crippen LogP contribution in [0, 0.1) is 5.82 Å². The molecule has 0 bridgehead atoms. The molecule has 1 N–H and O–H groups in total. The smallest absolute Gasteiger partial charge is 0.374 e. The number of hydrogen-bond donors (Lipinski definition) is 1. The molecule has 1 heterocycles. The third-order valence-corrected chi connectivity index (χ3v) is 2.56. The molecule has 1 aromatic heterocycles. The van der Waals surface area contributed by atoms with Crippen molar-refractivity contribution in [1.29, 1.82) is 0 Å². The fourth-order valence-electron chi connectivity index (χ4n) is 1.69. The number of rotatable bonds is 4. The first kappa shape index (κ1) is 13.2. The lowest BCUT2D eigenvalue weighted by Gasteiger charge is -2.10. The molecule has 5 nitrogen and oxygen atoms in total. The second-order valence-electron chi connectivity index (χ2n) is 4.43. The van der Waals surface area contributed by atoms with Crippen LogP contribution in [0.1, 0.15) is 16.1 Å². The van der Waals surface area contributed by atoms with E-state index in [4.69, 9.17) is 5.11 Å². The number of carbonyl (C=O) groups is 1. The van der Waals surface area contributed by atoms with Crippen LogP contribution in [-0.2, 0) is 6.54 Å². The Morgan fingerprint density at radius 2 is 2.16 bits per heavy atom. The van der Waals surface area contributed by atoms with Crippen LogP contribution in [0.4, 0.5) is 4.39 Å². The highest BCUT2D eigenvalue weighted by Gasteiger charge is 2.13. The van der Waals surface area contributed by atoms with E-state index in [9.17, 15) is 9.18 Å². The van der Waals surface area contributed by atoms with Gasteiger partial charge in [0.2, 0.25) is 5.76 Å². The Labute approximate surface area is 109 Å². The minimum Gasteiger partial charge on any atom is -0.475 e. The average Bonchev–Trinajstić information content (AvgIpc) is 2.80. The predicted molar refractivity (Wildman–Crippen MR) is 66.2 cm³/mol. The van der Waals surface area contributed by atoms with Gasteiger partial charge in [0, 0.05) is 23.7 Å². The van der Waals surface area contributed by atoms with E-state index in [1.807, 2.05) is 19.0 Å². The van der Waals surface area contributed by atoms with Crippen LogP contribution in [0.15, 0.2) is 28.8 Å². The molecule has 0 aliphatic carbocycles. The van der Waals surface area contributed by atoms with Crippen molar-refractivity contribution in [2.45, 2.75) is 6.54 Å². The van der Waals surface area contributed by atoms with Crippen LogP contribution in [0.2, 0.25) is 0 Å². The zero-order chi connectivity index (χ0) is 14.0. The van der Waals surface area contributed by atoms with Crippen molar-refractivity contribution in [3.63, 3.8) is 0 Å². The minimum absolute atomic E-state index is 0.271. The Balaban J connectivity index is 2.30. The molecule has 2 aromatic rings. The highest BCUT2D eigenvalue weighted by Crippen LogP contribution is 2.22. The first-order chi connectivity index (χ1) is 8.97. The van der Waals surface area contributed by atoms with E-state index in [0.717, 1.165) is 0 Å². The molecule has 0 atom stereocenters. The van der Waals surface area contributed by atoms with Gasteiger partial charge < -0.3 is 14.5 Å². The summed E-state index contributed by atoms with van der Waals surface area (Å²) >= 11 is 0. The van der Waals surface area contributed by atoms with Gasteiger partial charge in [-0.1, -0.05) is 17.3 Å². The maximum absolute atomic E-state index is 13.9. The maximum Gasteiger partial charge on any atom is 0.374 e. The van der Waals surface area contributed by atoms with Crippen LogP contribution in [-0.4, -0.2) is 35.2 Å². The first-order valence-corrected chi connectivity index (χ1v) is 5.61. The lowest BCUT2D eigenvalue weighted by molar-refractivity contribution is 0.0652. The van der Waals surface area contributed by atoms with E-state index in [-0.39, 0.29) is 11.6 Å². The lowest BCUT2D eigenvalue weighted by Crippen LogP contribution is -2.11. The first-order valence-electron chi connectivity index (χ1n) is 5.61. The summed E-state index contributed by atoms with van der Waals surface area (Å²) in [6, 6.07) is 5.93. The number of nitrogens with zero attached hydrogens (tertiary/aromatic N) is 2. The summed E-state index contributed by atoms with van der Waals surface area (Å²) in [5.41, 5.74) is 1.35. The largest absolute Gasteiger partial charge is 0.475 e. The Bertz CT molecular complexity index is 608. The van der Waals surface area contributed by atoms with Crippen molar-refractivity contribution in [3.8, 4) is 11.3 Å². The molecule has 0 amide bonds. The number of aromatic nitrogens is 1. The standard InChI is InChI=1S/C13H13FN2O3/c1-16(2)7-9-4-3-8(5-10(9)14)11-6-12(13(17)18)19-15-11/h3-6H,7H2,1-2H3,(H,17,18). The minimum atomic E-state index is -1.21. The molecule has 0 saturated carbocycles. The number of carboxylic acids is 1. The van der Waals surface area contributed by atoms with Gasteiger partial charge in [0.15, 0.2) is 0 Å². The van der Waals surface area contributed by atoms with E-state index in [1.165, 1.54) is 12.1 Å². The Kier molecular flexibility index (Phi) is 3.62. The van der Waals surface area contributed by atoms with Gasteiger partial charge in [0.25, 0.3) is 0 Å². The molecule has 0 aliphatic heterocycles. The summed E-state index contributed by atoms with van der Waals surface area (Å²) in [5, 5.41) is 12.3. The van der Waals surface area contributed by atoms with E-state index in [2.05, 4.69) is 9.68 Å². The normalized spacial score (nSPS) is 10.9. The predicted octanol–water partition coefficient (Wildman–Crippen LogP) is 2.24. The number of benzene rings is 1. The zero-order valence-corrected chi connectivity index (χ0v) is 10.6. The second kappa shape index (κ2) is 5.19. The molecule has 6 heteroatoms. The Morgan fingerprint density at radius 3 is 2.68 bits per heavy atom. The Hall–Kier alpha value is -2.21. The quantitative estimate of drug-likeness (QED) is 0.917. The fraction of sp³-hybridized carbons (Fsp3) is 0.231. The van der Waals surface area contributed by atoms with E-state index in [0.29, 0.717) is 23.4 Å². The van der Waals surface area contributed by atoms with Crippen molar-refractivity contribution < 1.29 is 18.8 Å². The number of carboxylic acid groups (broad SMARTS) is 1. The Morgan fingerprint density at radius 1 is 1.42 bits per heavy atom. The van der Waals surface area contributed by atoms with E-state index in [1.54, 1.807) is 12.1 Å². The topological polar surface area (TPSA) is 66.6 Å². The summed E-state index contributed by atoms with van der Waals surface area (Å²) in [4.78, 5) is 12.5. The summed E-state index contributed by atoms with van der Waals surface area (Å²) in [6.07, 6.45) is 0. The van der Waals surface area contributed by atoms with Crippen LogP contribution in [0.3, 0.4) is 0 Å². The van der Waals surface area contributed by atoms with Crippen LogP contribution < -0.4 is 0 Å². The second-order valence-corrected chi connectivity index (χ2v) is 4.43. The molecule has 0 spiro atoms. The number of halogens is 1. The molecular formula is C13H13FN2O3. The highest BCUT2D eigenvalue weighted by molar-refractivity contribution is 5.85. The van der Waals surface area contributed by atoms with Crippen molar-refractivity contribution in [3.05, 3.63) is 41.4 Å². The molecule has 0 saturated heterocycles. The van der Waals surface area contributed by atoms with Gasteiger partial charge in [0.05, 0.1) is 0 Å². The molecular weight excluding hydrogens is 251 g/mol. The van der Waals surface area contributed by atoms with Crippen LogP contribution in [0.25, 0.3) is 11.3 Å². The van der Waals surface area contributed by atoms with Gasteiger partial charge in [-0.05, 0) is 20.2 Å². The third kappa shape index (κ3) is 2.97. The van der Waals surface area contributed by atoms with E-state index >= 15 is 0 Å². The molecule has 0 radical (unpaired) electrons. The monoisotopic (exact) mass is 264 g/mol. The summed E-state index contributed by atoms with van der Waals surface area (Å²) in [5.74, 6) is -1.83. The molecule has 1 aromatic carbocycles. The summed E-state index contributed by atoms with van der Waals surface area (Å²) in [6.45, 7) is 0.491. The summed E-state index contributed by atoms with van der Waals surface area (Å²) < 4.78 is 18.5. The van der Waals surface area contributed by atoms with Crippen LogP contribution >= 0.6 is 0 Å². The third-order valence-electron chi connectivity index (χ3n) is 2.56. The number of hydrogen-bond acceptors (Lipinski definition) is 4. The van der Waals surface area contributed by atoms with Crippen molar-refractivity contribution >= 4 is 5.97 Å². The van der Waals surface area contributed by atoms with Gasteiger partial charge in [-0.3, -0.25) is 0 Å². The van der Waals surface area contributed by atoms with Gasteiger partial charge in [-0.25, -0.2) is 9.18 Å². The van der Waals surface area contributed by atoms with Crippen molar-refractivity contribution in [1.82, 2.24) is 10.1 Å². The molecule has 19 heavy (non-hydrogen) atoms. The molecule has 2 rings (SSSR count). The molecule has 0 unspecified atom stereocenters. The van der Waals surface area contributed by atoms with Gasteiger partial charge in [-0.15, -0.1) is 0 Å². The average molecular weight is 264 g/mol. The molecule has 0 aliphatic rings. The van der Waals surface area contributed by atoms with Gasteiger partial charge in [0.1, 0.15) is 11.5 Å². The van der Waals surface area contributed by atoms with Crippen molar-refractivity contribution in [2.24, 2.45) is 0 Å². The lowest BCUT2D eigenvalue weighted by atomic mass is 10.1. The number of aromatic carboxylic acids is 1. The maximum atomic E-state index is 13.9. The molecule has 100 valence electrons. The molecule has 0 fully saturated rings. The van der Waals surface area contributed by atoms with Crippen LogP contribution in [0.5, 0.6) is 0 Å². The summed E-state index contributed by atoms with van der Waals surface area (Å²) in [7, 11) is 3.70. The van der Waals surface area contributed by atoms with Crippen molar-refractivity contribution in [2.75, 3.05) is 14.1 Å². The van der Waals surface area contributed by atoms with E-state index < -0.39 is 5.97 Å². The SMILES string of the molecule is CN(C)Cc1ccc(-c2cc(C(=O)O)on2)cc1F. The fourth-order valence-corrected chi connectivity index (χ4v) is 1.69. The highest BCUT2D eigenvalue weighted by atomic mass is 19.1. The van der Waals surface area contributed by atoms with Gasteiger partial charge >= 0.3 is 5.97 Å².